The van der Waals surface area contributed by atoms with Gasteiger partial charge in [-0.3, -0.25) is 23.9 Å². The number of piperidine rings is 1. The average Bonchev–Trinajstić information content (AvgIpc) is 2.91. The largest absolute Gasteiger partial charge is 0.494 e. The molecule has 0 aliphatic carbocycles. The second-order valence-corrected chi connectivity index (χ2v) is 9.14. The van der Waals surface area contributed by atoms with Gasteiger partial charge in [-0.2, -0.15) is 5.10 Å². The van der Waals surface area contributed by atoms with Gasteiger partial charge in [0.25, 0.3) is 5.56 Å². The molecule has 1 saturated heterocycles. The first-order chi connectivity index (χ1) is 17.6. The minimum absolute atomic E-state index is 0.0559. The molecule has 5 rings (SSSR count). The Morgan fingerprint density at radius 2 is 1.64 bits per heavy atom. The molecule has 0 saturated carbocycles. The Hall–Kier alpha value is -4.04. The predicted octanol–water partition coefficient (Wildman–Crippen LogP) is 5.41. The highest BCUT2D eigenvalue weighted by Gasteiger charge is 2.26. The van der Waals surface area contributed by atoms with E-state index in [2.05, 4.69) is 11.1 Å². The van der Waals surface area contributed by atoms with E-state index in [1.54, 1.807) is 13.1 Å². The van der Waals surface area contributed by atoms with Crippen LogP contribution in [0.25, 0.3) is 11.4 Å². The summed E-state index contributed by atoms with van der Waals surface area (Å²) in [6.45, 7) is 2.52. The summed E-state index contributed by atoms with van der Waals surface area (Å²) in [5.41, 5.74) is 2.50. The minimum Gasteiger partial charge on any atom is -0.494 e. The van der Waals surface area contributed by atoms with E-state index in [9.17, 15) is 9.90 Å². The molecule has 1 aliphatic rings. The number of hydrogen-bond donors (Lipinski definition) is 1. The molecule has 0 amide bonds. The zero-order valence-electron chi connectivity index (χ0n) is 20.0. The molecule has 0 bridgehead atoms. The van der Waals surface area contributed by atoms with Crippen LogP contribution in [0.1, 0.15) is 43.4 Å². The quantitative estimate of drug-likeness (QED) is 0.295. The number of aromatic nitrogens is 3. The number of rotatable bonds is 5. The van der Waals surface area contributed by atoms with Gasteiger partial charge in [-0.25, -0.2) is 0 Å². The van der Waals surface area contributed by atoms with Gasteiger partial charge in [0.1, 0.15) is 5.56 Å². The fourth-order valence-corrected chi connectivity index (χ4v) is 5.10. The van der Waals surface area contributed by atoms with Gasteiger partial charge in [0.15, 0.2) is 4.77 Å². The number of nitrogens with zero attached hydrogens (tertiary/aromatic N) is 5. The molecule has 1 fully saturated rings. The minimum atomic E-state index is -0.410. The number of hydrazone groups is 1. The maximum absolute atomic E-state index is 13.8. The third kappa shape index (κ3) is 4.47. The van der Waals surface area contributed by atoms with Crippen LogP contribution in [0.15, 0.2) is 95.1 Å². The molecule has 2 aromatic carbocycles. The maximum Gasteiger partial charge on any atom is 0.272 e. The van der Waals surface area contributed by atoms with E-state index in [-0.39, 0.29) is 22.3 Å². The van der Waals surface area contributed by atoms with Crippen molar-refractivity contribution < 1.29 is 5.11 Å². The normalized spacial score (nSPS) is 16.2. The molecule has 36 heavy (non-hydrogen) atoms. The maximum atomic E-state index is 13.8. The molecular weight excluding hydrogens is 470 g/mol. The smallest absolute Gasteiger partial charge is 0.272 e. The third-order valence-corrected chi connectivity index (χ3v) is 6.81. The molecule has 0 spiro atoms. The standard InChI is InChI=1S/C28H27N5O2S/c1-20(30-31-18-9-8-16-24(31)21-11-10-17-29-19-21)25-26(34)32(22-12-4-2-5-13-22)28(36)33(27(25)35)23-14-6-3-7-15-23/h2-7,10-15,17,19,24,34H,8-9,16,18H2,1H3/b30-20+. The predicted molar refractivity (Wildman–Crippen MR) is 144 cm³/mol. The van der Waals surface area contributed by atoms with Crippen LogP contribution in [-0.4, -0.2) is 36.5 Å². The summed E-state index contributed by atoms with van der Waals surface area (Å²) in [6, 6.07) is 22.6. The van der Waals surface area contributed by atoms with E-state index in [1.165, 1.54) is 9.13 Å². The van der Waals surface area contributed by atoms with Gasteiger partial charge < -0.3 is 5.11 Å². The molecule has 4 aromatic rings. The molecule has 1 unspecified atom stereocenters. The van der Waals surface area contributed by atoms with Crippen LogP contribution < -0.4 is 5.56 Å². The number of benzene rings is 2. The lowest BCUT2D eigenvalue weighted by Gasteiger charge is -2.34. The van der Waals surface area contributed by atoms with Crippen LogP contribution in [0.2, 0.25) is 0 Å². The molecule has 8 heteroatoms. The van der Waals surface area contributed by atoms with Crippen LogP contribution in [-0.2, 0) is 0 Å². The van der Waals surface area contributed by atoms with Crippen molar-refractivity contribution in [3.8, 4) is 17.3 Å². The van der Waals surface area contributed by atoms with Crippen molar-refractivity contribution in [2.24, 2.45) is 5.10 Å². The molecule has 0 radical (unpaired) electrons. The van der Waals surface area contributed by atoms with Crippen LogP contribution >= 0.6 is 12.2 Å². The first-order valence-corrected chi connectivity index (χ1v) is 12.4. The zero-order valence-corrected chi connectivity index (χ0v) is 20.8. The Balaban J connectivity index is 1.70. The van der Waals surface area contributed by atoms with Gasteiger partial charge in [0.2, 0.25) is 5.88 Å². The van der Waals surface area contributed by atoms with Crippen LogP contribution in [0.4, 0.5) is 0 Å². The van der Waals surface area contributed by atoms with E-state index in [1.807, 2.05) is 77.9 Å². The van der Waals surface area contributed by atoms with Gasteiger partial charge >= 0.3 is 0 Å². The van der Waals surface area contributed by atoms with Gasteiger partial charge in [-0.15, -0.1) is 0 Å². The molecule has 2 aromatic heterocycles. The van der Waals surface area contributed by atoms with Crippen LogP contribution in [0, 0.1) is 4.77 Å². The summed E-state index contributed by atoms with van der Waals surface area (Å²) >= 11 is 5.73. The van der Waals surface area contributed by atoms with Gasteiger partial charge in [-0.05, 0) is 74.3 Å². The Labute approximate surface area is 214 Å². The second kappa shape index (κ2) is 10.3. The fraction of sp³-hybridized carbons (Fsp3) is 0.214. The lowest BCUT2D eigenvalue weighted by molar-refractivity contribution is 0.155. The molecule has 3 heterocycles. The number of pyridine rings is 1. The fourth-order valence-electron chi connectivity index (χ4n) is 4.72. The van der Waals surface area contributed by atoms with Crippen molar-refractivity contribution in [2.75, 3.05) is 6.54 Å². The SMILES string of the molecule is C/C(=N\N1CCCCC1c1cccnc1)c1c(O)n(-c2ccccc2)c(=S)n(-c2ccccc2)c1=O. The van der Waals surface area contributed by atoms with Crippen LogP contribution in [0.3, 0.4) is 0 Å². The van der Waals surface area contributed by atoms with E-state index in [0.717, 1.165) is 31.4 Å². The van der Waals surface area contributed by atoms with Gasteiger partial charge in [0.05, 0.1) is 23.1 Å². The topological polar surface area (TPSA) is 75.7 Å². The summed E-state index contributed by atoms with van der Waals surface area (Å²) < 4.78 is 3.15. The molecule has 1 N–H and O–H groups in total. The molecule has 1 atom stereocenters. The highest BCUT2D eigenvalue weighted by atomic mass is 32.1. The summed E-state index contributed by atoms with van der Waals surface area (Å²) in [5, 5.41) is 18.3. The average molecular weight is 498 g/mol. The number of aromatic hydroxyl groups is 1. The summed E-state index contributed by atoms with van der Waals surface area (Å²) in [7, 11) is 0. The van der Waals surface area contributed by atoms with Gasteiger partial charge in [-0.1, -0.05) is 42.5 Å². The lowest BCUT2D eigenvalue weighted by atomic mass is 9.98. The van der Waals surface area contributed by atoms with Crippen molar-refractivity contribution >= 4 is 17.9 Å². The zero-order chi connectivity index (χ0) is 25.1. The second-order valence-electron chi connectivity index (χ2n) is 8.77. The third-order valence-electron chi connectivity index (χ3n) is 6.45. The first-order valence-electron chi connectivity index (χ1n) is 12.0. The Morgan fingerprint density at radius 3 is 2.28 bits per heavy atom. The monoisotopic (exact) mass is 497 g/mol. The lowest BCUT2D eigenvalue weighted by Crippen LogP contribution is -2.33. The number of hydrogen-bond acceptors (Lipinski definition) is 6. The van der Waals surface area contributed by atoms with Crippen molar-refractivity contribution in [3.05, 3.63) is 111 Å². The Bertz CT molecular complexity index is 1500. The van der Waals surface area contributed by atoms with Crippen LogP contribution in [0.5, 0.6) is 5.88 Å². The van der Waals surface area contributed by atoms with E-state index in [0.29, 0.717) is 17.1 Å². The molecule has 1 aliphatic heterocycles. The summed E-state index contributed by atoms with van der Waals surface area (Å²) in [6.07, 6.45) is 6.66. The van der Waals surface area contributed by atoms with Gasteiger partial charge in [0, 0.05) is 18.9 Å². The van der Waals surface area contributed by atoms with Crippen molar-refractivity contribution in [2.45, 2.75) is 32.2 Å². The number of para-hydroxylation sites is 2. The first kappa shape index (κ1) is 23.7. The Morgan fingerprint density at radius 1 is 0.972 bits per heavy atom. The molecule has 7 nitrogen and oxygen atoms in total. The van der Waals surface area contributed by atoms with Crippen molar-refractivity contribution in [1.82, 2.24) is 19.1 Å². The highest BCUT2D eigenvalue weighted by molar-refractivity contribution is 7.71. The van der Waals surface area contributed by atoms with E-state index in [4.69, 9.17) is 17.3 Å². The summed E-state index contributed by atoms with van der Waals surface area (Å²) in [4.78, 5) is 18.1. The van der Waals surface area contributed by atoms with E-state index < -0.39 is 5.56 Å². The Kier molecular flexibility index (Phi) is 6.77. The highest BCUT2D eigenvalue weighted by Crippen LogP contribution is 2.31. The van der Waals surface area contributed by atoms with Crippen molar-refractivity contribution in [3.63, 3.8) is 0 Å². The molecule has 182 valence electrons. The van der Waals surface area contributed by atoms with Crippen molar-refractivity contribution in [1.29, 1.82) is 0 Å². The van der Waals surface area contributed by atoms with E-state index >= 15 is 0 Å². The summed E-state index contributed by atoms with van der Waals surface area (Å²) in [5.74, 6) is -0.223. The molecular formula is C28H27N5O2S.